The van der Waals surface area contributed by atoms with E-state index in [0.29, 0.717) is 12.2 Å². The fraction of sp³-hybridized carbons (Fsp3) is 0.500. The average molecular weight is 420 g/mol. The second-order valence-electron chi connectivity index (χ2n) is 5.10. The molecule has 5 rings (SSSR count). The highest BCUT2D eigenvalue weighted by molar-refractivity contribution is 9.11. The Kier molecular flexibility index (Phi) is 3.17. The van der Waals surface area contributed by atoms with Crippen LogP contribution in [0.2, 0.25) is 0 Å². The third kappa shape index (κ3) is 2.04. The SMILES string of the molecule is Cc1nc(Br)n(-c2csc(N3CC4CC(C3)O4)n2)c1Br. The Balaban J connectivity index is 1.64. The van der Waals surface area contributed by atoms with E-state index in [4.69, 9.17) is 9.72 Å². The number of anilines is 1. The summed E-state index contributed by atoms with van der Waals surface area (Å²) < 4.78 is 9.34. The topological polar surface area (TPSA) is 43.2 Å². The van der Waals surface area contributed by atoms with Crippen LogP contribution < -0.4 is 4.90 Å². The Labute approximate surface area is 137 Å². The van der Waals surface area contributed by atoms with Crippen LogP contribution in [-0.4, -0.2) is 39.8 Å². The van der Waals surface area contributed by atoms with Crippen molar-refractivity contribution in [2.75, 3.05) is 18.0 Å². The molecule has 0 saturated carbocycles. The predicted molar refractivity (Wildman–Crippen MR) is 84.9 cm³/mol. The van der Waals surface area contributed by atoms with Crippen LogP contribution in [0.4, 0.5) is 5.13 Å². The van der Waals surface area contributed by atoms with Gasteiger partial charge in [0.15, 0.2) is 15.7 Å². The monoisotopic (exact) mass is 418 g/mol. The summed E-state index contributed by atoms with van der Waals surface area (Å²) in [5, 5.41) is 3.12. The zero-order valence-corrected chi connectivity index (χ0v) is 14.7. The summed E-state index contributed by atoms with van der Waals surface area (Å²) in [6, 6.07) is 0. The molecule has 0 radical (unpaired) electrons. The largest absolute Gasteiger partial charge is 0.371 e. The van der Waals surface area contributed by atoms with Gasteiger partial charge in [-0.15, -0.1) is 11.3 Å². The lowest BCUT2D eigenvalue weighted by Crippen LogP contribution is -2.57. The van der Waals surface area contributed by atoms with E-state index in [-0.39, 0.29) is 0 Å². The number of thiazole rings is 1. The molecule has 0 N–H and O–H groups in total. The maximum Gasteiger partial charge on any atom is 0.187 e. The van der Waals surface area contributed by atoms with Gasteiger partial charge in [0.1, 0.15) is 4.60 Å². The van der Waals surface area contributed by atoms with E-state index >= 15 is 0 Å². The predicted octanol–water partition coefficient (Wildman–Crippen LogP) is 3.14. The summed E-state index contributed by atoms with van der Waals surface area (Å²) >= 11 is 8.71. The molecule has 2 aromatic heterocycles. The summed E-state index contributed by atoms with van der Waals surface area (Å²) in [5.74, 6) is 0.893. The summed E-state index contributed by atoms with van der Waals surface area (Å²) in [5.41, 5.74) is 0.944. The van der Waals surface area contributed by atoms with Crippen LogP contribution in [0.5, 0.6) is 0 Å². The highest BCUT2D eigenvalue weighted by Gasteiger charge is 2.39. The first-order chi connectivity index (χ1) is 9.61. The molecular weight excluding hydrogens is 408 g/mol. The Bertz CT molecular complexity index is 654. The van der Waals surface area contributed by atoms with Gasteiger partial charge in [0.25, 0.3) is 0 Å². The number of aryl methyl sites for hydroxylation is 1. The van der Waals surface area contributed by atoms with E-state index in [1.807, 2.05) is 11.5 Å². The molecule has 5 nitrogen and oxygen atoms in total. The normalized spacial score (nSPS) is 24.9. The molecule has 5 heterocycles. The first-order valence-electron chi connectivity index (χ1n) is 6.38. The van der Waals surface area contributed by atoms with Gasteiger partial charge in [0.05, 0.1) is 17.9 Å². The number of imidazole rings is 1. The van der Waals surface area contributed by atoms with Gasteiger partial charge in [-0.25, -0.2) is 9.97 Å². The van der Waals surface area contributed by atoms with Crippen LogP contribution in [0, 0.1) is 6.92 Å². The Morgan fingerprint density at radius 1 is 1.30 bits per heavy atom. The van der Waals surface area contributed by atoms with Gasteiger partial charge < -0.3 is 9.64 Å². The molecule has 2 atom stereocenters. The first-order valence-corrected chi connectivity index (χ1v) is 8.85. The second-order valence-corrected chi connectivity index (χ2v) is 7.40. The molecule has 3 fully saturated rings. The fourth-order valence-corrected chi connectivity index (χ4v) is 4.80. The Hall–Kier alpha value is -0.440. The lowest BCUT2D eigenvalue weighted by Gasteiger charge is -2.46. The van der Waals surface area contributed by atoms with Gasteiger partial charge in [0.2, 0.25) is 0 Å². The molecule has 3 aliphatic rings. The van der Waals surface area contributed by atoms with Crippen molar-refractivity contribution in [1.82, 2.24) is 14.5 Å². The molecule has 0 aliphatic carbocycles. The maximum absolute atomic E-state index is 5.66. The number of morpholine rings is 1. The van der Waals surface area contributed by atoms with Crippen LogP contribution in [0.15, 0.2) is 14.7 Å². The number of piperidine rings is 1. The number of nitrogens with zero attached hydrogens (tertiary/aromatic N) is 4. The number of fused-ring (bicyclic) bond motifs is 2. The van der Waals surface area contributed by atoms with Crippen molar-refractivity contribution in [2.24, 2.45) is 0 Å². The molecule has 0 amide bonds. The number of hydrogen-bond acceptors (Lipinski definition) is 5. The van der Waals surface area contributed by atoms with E-state index in [1.54, 1.807) is 11.3 Å². The Morgan fingerprint density at radius 3 is 2.60 bits per heavy atom. The van der Waals surface area contributed by atoms with Gasteiger partial charge >= 0.3 is 0 Å². The molecule has 3 saturated heterocycles. The van der Waals surface area contributed by atoms with Crippen molar-refractivity contribution in [3.63, 3.8) is 0 Å². The molecule has 3 aliphatic heterocycles. The summed E-state index contributed by atoms with van der Waals surface area (Å²) in [7, 11) is 0. The van der Waals surface area contributed by atoms with Gasteiger partial charge in [-0.1, -0.05) is 0 Å². The summed E-state index contributed by atoms with van der Waals surface area (Å²) in [6.07, 6.45) is 2.00. The third-order valence-electron chi connectivity index (χ3n) is 3.68. The molecule has 0 aromatic carbocycles. The zero-order valence-electron chi connectivity index (χ0n) is 10.7. The molecule has 2 unspecified atom stereocenters. The highest BCUT2D eigenvalue weighted by Crippen LogP contribution is 2.34. The van der Waals surface area contributed by atoms with Crippen molar-refractivity contribution >= 4 is 48.3 Å². The van der Waals surface area contributed by atoms with E-state index in [1.165, 1.54) is 6.42 Å². The second kappa shape index (κ2) is 4.79. The van der Waals surface area contributed by atoms with E-state index in [9.17, 15) is 0 Å². The van der Waals surface area contributed by atoms with Crippen LogP contribution in [0.3, 0.4) is 0 Å². The van der Waals surface area contributed by atoms with Crippen molar-refractivity contribution in [1.29, 1.82) is 0 Å². The lowest BCUT2D eigenvalue weighted by atomic mass is 9.99. The Morgan fingerprint density at radius 2 is 2.00 bits per heavy atom. The summed E-state index contributed by atoms with van der Waals surface area (Å²) in [6.45, 7) is 3.87. The zero-order chi connectivity index (χ0) is 13.9. The van der Waals surface area contributed by atoms with Crippen LogP contribution in [0.25, 0.3) is 5.82 Å². The minimum absolute atomic E-state index is 0.398. The molecule has 8 heteroatoms. The van der Waals surface area contributed by atoms with Gasteiger partial charge in [-0.05, 0) is 38.8 Å². The van der Waals surface area contributed by atoms with E-state index in [2.05, 4.69) is 47.1 Å². The van der Waals surface area contributed by atoms with E-state index in [0.717, 1.165) is 39.1 Å². The number of rotatable bonds is 2. The molecule has 20 heavy (non-hydrogen) atoms. The van der Waals surface area contributed by atoms with Gasteiger partial charge in [0, 0.05) is 24.9 Å². The number of ether oxygens (including phenoxy) is 1. The van der Waals surface area contributed by atoms with Gasteiger partial charge in [-0.2, -0.15) is 0 Å². The van der Waals surface area contributed by atoms with Gasteiger partial charge in [-0.3, -0.25) is 4.57 Å². The minimum atomic E-state index is 0.398. The lowest BCUT2D eigenvalue weighted by molar-refractivity contribution is -0.133. The quantitative estimate of drug-likeness (QED) is 0.749. The first kappa shape index (κ1) is 13.2. The molecule has 2 bridgehead atoms. The van der Waals surface area contributed by atoms with Crippen LogP contribution >= 0.6 is 43.2 Å². The third-order valence-corrected chi connectivity index (χ3v) is 6.03. The fourth-order valence-electron chi connectivity index (χ4n) is 2.69. The smallest absolute Gasteiger partial charge is 0.187 e. The maximum atomic E-state index is 5.66. The van der Waals surface area contributed by atoms with Crippen molar-refractivity contribution in [3.05, 3.63) is 20.4 Å². The van der Waals surface area contributed by atoms with Crippen molar-refractivity contribution in [2.45, 2.75) is 25.6 Å². The molecule has 0 spiro atoms. The summed E-state index contributed by atoms with van der Waals surface area (Å²) in [4.78, 5) is 11.5. The number of hydrogen-bond donors (Lipinski definition) is 0. The van der Waals surface area contributed by atoms with Crippen molar-refractivity contribution in [3.8, 4) is 5.82 Å². The number of halogens is 2. The van der Waals surface area contributed by atoms with Crippen LogP contribution in [0.1, 0.15) is 12.1 Å². The molecule has 106 valence electrons. The average Bonchev–Trinajstić information content (AvgIpc) is 2.95. The van der Waals surface area contributed by atoms with E-state index < -0.39 is 0 Å². The minimum Gasteiger partial charge on any atom is -0.371 e. The molecule has 2 aromatic rings. The standard InChI is InChI=1S/C12H12Br2N4OS/c1-6-10(13)18(11(14)15-6)9-5-20-12(16-9)17-3-7-2-8(4-17)19-7/h5,7-8H,2-4H2,1H3. The molecular formula is C12H12Br2N4OS. The number of aromatic nitrogens is 3. The van der Waals surface area contributed by atoms with Crippen molar-refractivity contribution < 1.29 is 4.74 Å². The van der Waals surface area contributed by atoms with Crippen LogP contribution in [-0.2, 0) is 4.74 Å². The highest BCUT2D eigenvalue weighted by atomic mass is 79.9.